The van der Waals surface area contributed by atoms with Crippen molar-refractivity contribution in [1.82, 2.24) is 9.88 Å². The van der Waals surface area contributed by atoms with Gasteiger partial charge in [0.25, 0.3) is 11.6 Å². The van der Waals surface area contributed by atoms with E-state index in [2.05, 4.69) is 4.98 Å². The monoisotopic (exact) mass is 264 g/mol. The normalized spacial score (nSPS) is 18.6. The first kappa shape index (κ1) is 13.4. The third-order valence-electron chi connectivity index (χ3n) is 3.42. The second kappa shape index (κ2) is 5.31. The van der Waals surface area contributed by atoms with Crippen LogP contribution in [0.1, 0.15) is 28.9 Å². The van der Waals surface area contributed by atoms with Gasteiger partial charge in [-0.05, 0) is 19.8 Å². The molecule has 2 heterocycles. The molecule has 1 unspecified atom stereocenters. The Hall–Kier alpha value is -2.02. The van der Waals surface area contributed by atoms with Gasteiger partial charge >= 0.3 is 0 Å². The molecule has 1 amide bonds. The Balaban J connectivity index is 2.32. The van der Waals surface area contributed by atoms with E-state index in [1.165, 1.54) is 6.07 Å². The smallest absolute Gasteiger partial charge is 0.288 e. The van der Waals surface area contributed by atoms with Crippen LogP contribution in [0.4, 0.5) is 5.69 Å². The number of aryl methyl sites for hydroxylation is 1. The van der Waals surface area contributed by atoms with Crippen LogP contribution in [0, 0.1) is 17.0 Å². The van der Waals surface area contributed by atoms with Crippen LogP contribution >= 0.6 is 0 Å². The van der Waals surface area contributed by atoms with Gasteiger partial charge in [-0.2, -0.15) is 0 Å². The number of pyridine rings is 1. The predicted octanol–water partition coefficient (Wildman–Crippen LogP) is 0.862. The van der Waals surface area contributed by atoms with Crippen molar-refractivity contribution in [2.45, 2.75) is 25.8 Å². The molecule has 1 aliphatic heterocycles. The first-order valence-corrected chi connectivity index (χ1v) is 6.16. The predicted molar refractivity (Wildman–Crippen MR) is 68.7 cm³/mol. The summed E-state index contributed by atoms with van der Waals surface area (Å²) in [5.74, 6) is -0.221. The summed E-state index contributed by atoms with van der Waals surface area (Å²) in [5.41, 5.74) is 6.25. The Kier molecular flexibility index (Phi) is 3.75. The fourth-order valence-corrected chi connectivity index (χ4v) is 2.34. The SMILES string of the molecule is Cc1ncc([N+](=O)[O-])cc1C(=O)N1CCCC1CN. The van der Waals surface area contributed by atoms with Gasteiger partial charge in [0.15, 0.2) is 0 Å². The molecule has 0 radical (unpaired) electrons. The van der Waals surface area contributed by atoms with Crippen LogP contribution in [0.3, 0.4) is 0 Å². The minimum atomic E-state index is -0.548. The highest BCUT2D eigenvalue weighted by Crippen LogP contribution is 2.22. The quantitative estimate of drug-likeness (QED) is 0.644. The molecule has 1 atom stereocenters. The fraction of sp³-hybridized carbons (Fsp3) is 0.500. The van der Waals surface area contributed by atoms with E-state index in [0.717, 1.165) is 19.0 Å². The minimum Gasteiger partial charge on any atom is -0.334 e. The lowest BCUT2D eigenvalue weighted by molar-refractivity contribution is -0.385. The number of nitrogens with two attached hydrogens (primary N) is 1. The Morgan fingerprint density at radius 1 is 1.68 bits per heavy atom. The molecule has 102 valence electrons. The maximum absolute atomic E-state index is 12.4. The van der Waals surface area contributed by atoms with E-state index in [4.69, 9.17) is 5.73 Å². The van der Waals surface area contributed by atoms with Crippen molar-refractivity contribution in [1.29, 1.82) is 0 Å². The minimum absolute atomic E-state index is 0.0196. The second-order valence-corrected chi connectivity index (χ2v) is 4.61. The van der Waals surface area contributed by atoms with Gasteiger partial charge in [-0.1, -0.05) is 0 Å². The number of aromatic nitrogens is 1. The zero-order valence-electron chi connectivity index (χ0n) is 10.7. The number of nitrogens with zero attached hydrogens (tertiary/aromatic N) is 3. The fourth-order valence-electron chi connectivity index (χ4n) is 2.34. The molecule has 0 bridgehead atoms. The average molecular weight is 264 g/mol. The summed E-state index contributed by atoms with van der Waals surface area (Å²) in [5, 5.41) is 10.7. The highest BCUT2D eigenvalue weighted by atomic mass is 16.6. The van der Waals surface area contributed by atoms with Crippen molar-refractivity contribution < 1.29 is 9.72 Å². The summed E-state index contributed by atoms with van der Waals surface area (Å²) < 4.78 is 0. The van der Waals surface area contributed by atoms with Gasteiger partial charge in [0.05, 0.1) is 16.2 Å². The number of hydrogen-bond acceptors (Lipinski definition) is 5. The standard InChI is InChI=1S/C12H16N4O3/c1-8-11(5-10(7-14-8)16(18)19)12(17)15-4-2-3-9(15)6-13/h5,7,9H,2-4,6,13H2,1H3. The molecule has 0 aromatic carbocycles. The molecule has 19 heavy (non-hydrogen) atoms. The number of carbonyl (C=O) groups is 1. The number of nitro groups is 1. The van der Waals surface area contributed by atoms with E-state index in [9.17, 15) is 14.9 Å². The number of carbonyl (C=O) groups excluding carboxylic acids is 1. The number of likely N-dealkylation sites (tertiary alicyclic amines) is 1. The van der Waals surface area contributed by atoms with Crippen LogP contribution in [0.15, 0.2) is 12.3 Å². The van der Waals surface area contributed by atoms with Crippen LogP contribution in [0.2, 0.25) is 0 Å². The Morgan fingerprint density at radius 2 is 2.42 bits per heavy atom. The molecule has 7 nitrogen and oxygen atoms in total. The van der Waals surface area contributed by atoms with Crippen LogP contribution in [-0.4, -0.2) is 39.8 Å². The Labute approximate surface area is 110 Å². The van der Waals surface area contributed by atoms with Gasteiger partial charge in [-0.15, -0.1) is 0 Å². The first-order chi connectivity index (χ1) is 9.04. The number of amides is 1. The molecular formula is C12H16N4O3. The zero-order chi connectivity index (χ0) is 14.0. The molecule has 2 N–H and O–H groups in total. The number of hydrogen-bond donors (Lipinski definition) is 1. The van der Waals surface area contributed by atoms with Crippen molar-refractivity contribution in [2.75, 3.05) is 13.1 Å². The maximum atomic E-state index is 12.4. The Bertz CT molecular complexity index is 518. The lowest BCUT2D eigenvalue weighted by Gasteiger charge is -2.23. The van der Waals surface area contributed by atoms with Gasteiger partial charge in [-0.25, -0.2) is 0 Å². The summed E-state index contributed by atoms with van der Waals surface area (Å²) >= 11 is 0. The van der Waals surface area contributed by atoms with Crippen LogP contribution < -0.4 is 5.73 Å². The number of rotatable bonds is 3. The molecule has 1 fully saturated rings. The highest BCUT2D eigenvalue weighted by Gasteiger charge is 2.30. The second-order valence-electron chi connectivity index (χ2n) is 4.61. The van der Waals surface area contributed by atoms with Gasteiger partial charge < -0.3 is 10.6 Å². The average Bonchev–Trinajstić information content (AvgIpc) is 2.86. The van der Waals surface area contributed by atoms with Gasteiger partial charge in [0, 0.05) is 25.2 Å². The van der Waals surface area contributed by atoms with E-state index in [1.54, 1.807) is 11.8 Å². The van der Waals surface area contributed by atoms with Crippen molar-refractivity contribution in [3.8, 4) is 0 Å². The summed E-state index contributed by atoms with van der Waals surface area (Å²) in [4.78, 5) is 28.2. The van der Waals surface area contributed by atoms with Crippen molar-refractivity contribution in [2.24, 2.45) is 5.73 Å². The molecule has 1 saturated heterocycles. The highest BCUT2D eigenvalue weighted by molar-refractivity contribution is 5.96. The summed E-state index contributed by atoms with van der Waals surface area (Å²) in [6.07, 6.45) is 2.95. The summed E-state index contributed by atoms with van der Waals surface area (Å²) in [6, 6.07) is 1.31. The molecule has 2 rings (SSSR count). The Morgan fingerprint density at radius 3 is 3.05 bits per heavy atom. The molecule has 1 aromatic rings. The van der Waals surface area contributed by atoms with Crippen LogP contribution in [0.5, 0.6) is 0 Å². The van der Waals surface area contributed by atoms with Gasteiger partial charge in [0.2, 0.25) is 0 Å². The molecule has 7 heteroatoms. The van der Waals surface area contributed by atoms with E-state index >= 15 is 0 Å². The third kappa shape index (κ3) is 2.55. The first-order valence-electron chi connectivity index (χ1n) is 6.16. The van der Waals surface area contributed by atoms with Crippen LogP contribution in [0.25, 0.3) is 0 Å². The van der Waals surface area contributed by atoms with Gasteiger partial charge in [0.1, 0.15) is 6.20 Å². The summed E-state index contributed by atoms with van der Waals surface area (Å²) in [7, 11) is 0. The largest absolute Gasteiger partial charge is 0.334 e. The lowest BCUT2D eigenvalue weighted by Crippen LogP contribution is -2.40. The van der Waals surface area contributed by atoms with E-state index in [0.29, 0.717) is 18.8 Å². The van der Waals surface area contributed by atoms with Crippen molar-refractivity contribution >= 4 is 11.6 Å². The van der Waals surface area contributed by atoms with Crippen molar-refractivity contribution in [3.05, 3.63) is 33.6 Å². The van der Waals surface area contributed by atoms with Crippen molar-refractivity contribution in [3.63, 3.8) is 0 Å². The topological polar surface area (TPSA) is 102 Å². The molecular weight excluding hydrogens is 248 g/mol. The third-order valence-corrected chi connectivity index (χ3v) is 3.42. The molecule has 1 aromatic heterocycles. The van der Waals surface area contributed by atoms with E-state index in [-0.39, 0.29) is 23.2 Å². The van der Waals surface area contributed by atoms with Gasteiger partial charge in [-0.3, -0.25) is 19.9 Å². The summed E-state index contributed by atoms with van der Waals surface area (Å²) in [6.45, 7) is 2.72. The zero-order valence-corrected chi connectivity index (χ0v) is 10.7. The lowest BCUT2D eigenvalue weighted by atomic mass is 10.1. The molecule has 1 aliphatic rings. The maximum Gasteiger partial charge on any atom is 0.288 e. The molecule has 0 spiro atoms. The molecule has 0 aliphatic carbocycles. The van der Waals surface area contributed by atoms with Crippen LogP contribution in [-0.2, 0) is 0 Å². The van der Waals surface area contributed by atoms with E-state index in [1.807, 2.05) is 0 Å². The molecule has 0 saturated carbocycles. The van der Waals surface area contributed by atoms with E-state index < -0.39 is 4.92 Å².